The van der Waals surface area contributed by atoms with Crippen LogP contribution in [0, 0.1) is 0 Å². The zero-order valence-electron chi connectivity index (χ0n) is 8.90. The van der Waals surface area contributed by atoms with Gasteiger partial charge in [0.2, 0.25) is 5.67 Å². The fourth-order valence-corrected chi connectivity index (χ4v) is 0.846. The summed E-state index contributed by atoms with van der Waals surface area (Å²) in [6, 6.07) is 0. The van der Waals surface area contributed by atoms with Crippen LogP contribution in [0.1, 0.15) is 20.8 Å². The predicted octanol–water partition coefficient (Wildman–Crippen LogP) is 4.30. The molecule has 0 saturated carbocycles. The Morgan fingerprint density at radius 1 is 0.471 bits per heavy atom. The quantitative estimate of drug-likeness (QED) is 0.672. The second kappa shape index (κ2) is 3.68. The maximum absolute atomic E-state index is 13.1. The highest BCUT2D eigenvalue weighted by Crippen LogP contribution is 2.55. The van der Waals surface area contributed by atoms with Gasteiger partial charge in [-0.15, -0.1) is 0 Å². The van der Waals surface area contributed by atoms with Crippen LogP contribution in [0.4, 0.5) is 39.5 Å². The summed E-state index contributed by atoms with van der Waals surface area (Å²) < 4.78 is 114. The van der Waals surface area contributed by atoms with Crippen molar-refractivity contribution in [3.63, 3.8) is 0 Å². The van der Waals surface area contributed by atoms with Gasteiger partial charge in [-0.05, 0) is 6.92 Å². The highest BCUT2D eigenvalue weighted by Gasteiger charge is 2.80. The van der Waals surface area contributed by atoms with E-state index in [1.165, 1.54) is 0 Å². The molecule has 0 aliphatic carbocycles. The monoisotopic (exact) mass is 276 g/mol. The largest absolute Gasteiger partial charge is 0.375 e. The van der Waals surface area contributed by atoms with E-state index in [2.05, 4.69) is 0 Å². The Labute approximate surface area is 90.8 Å². The first-order chi connectivity index (χ1) is 7.00. The lowest BCUT2D eigenvalue weighted by molar-refractivity contribution is -0.361. The van der Waals surface area contributed by atoms with Crippen molar-refractivity contribution in [2.24, 2.45) is 0 Å². The number of hydrogen-bond donors (Lipinski definition) is 0. The summed E-state index contributed by atoms with van der Waals surface area (Å²) in [6.07, 6.45) is 0. The Hall–Kier alpha value is -0.630. The lowest BCUT2D eigenvalue weighted by atomic mass is 9.86. The van der Waals surface area contributed by atoms with Gasteiger partial charge in [-0.25, -0.2) is 13.2 Å². The highest BCUT2D eigenvalue weighted by molar-refractivity contribution is 5.09. The average Bonchev–Trinajstić information content (AvgIpc) is 1.98. The second-order valence-corrected chi connectivity index (χ2v) is 3.93. The van der Waals surface area contributed by atoms with Crippen LogP contribution in [-0.4, -0.2) is 29.4 Å². The third-order valence-electron chi connectivity index (χ3n) is 2.36. The van der Waals surface area contributed by atoms with E-state index in [1.54, 1.807) is 0 Å². The molecular formula is C8H9F9. The van der Waals surface area contributed by atoms with E-state index >= 15 is 0 Å². The average molecular weight is 276 g/mol. The summed E-state index contributed by atoms with van der Waals surface area (Å²) in [7, 11) is 0. The van der Waals surface area contributed by atoms with E-state index in [4.69, 9.17) is 0 Å². The molecule has 0 unspecified atom stereocenters. The number of rotatable bonds is 4. The summed E-state index contributed by atoms with van der Waals surface area (Å²) in [5, 5.41) is 0. The van der Waals surface area contributed by atoms with Crippen molar-refractivity contribution in [3.8, 4) is 0 Å². The molecule has 0 nitrogen and oxygen atoms in total. The first-order valence-corrected chi connectivity index (χ1v) is 4.20. The Morgan fingerprint density at radius 3 is 0.941 bits per heavy atom. The van der Waals surface area contributed by atoms with Crippen molar-refractivity contribution in [2.75, 3.05) is 0 Å². The zero-order chi connectivity index (χ0) is 14.5. The van der Waals surface area contributed by atoms with Gasteiger partial charge in [-0.1, -0.05) is 0 Å². The summed E-state index contributed by atoms with van der Waals surface area (Å²) in [4.78, 5) is 0. The third kappa shape index (κ3) is 2.20. The Morgan fingerprint density at radius 2 is 0.765 bits per heavy atom. The number of alkyl halides is 9. The van der Waals surface area contributed by atoms with Gasteiger partial charge in [0.25, 0.3) is 5.92 Å². The van der Waals surface area contributed by atoms with Crippen LogP contribution in [0.25, 0.3) is 0 Å². The van der Waals surface area contributed by atoms with Crippen LogP contribution in [0.3, 0.4) is 0 Å². The molecule has 17 heavy (non-hydrogen) atoms. The molecule has 0 aromatic carbocycles. The molecule has 0 heterocycles. The van der Waals surface area contributed by atoms with Crippen molar-refractivity contribution in [3.05, 3.63) is 0 Å². The van der Waals surface area contributed by atoms with E-state index in [0.29, 0.717) is 0 Å². The first-order valence-electron chi connectivity index (χ1n) is 4.20. The molecule has 0 radical (unpaired) electrons. The molecule has 1 atom stereocenters. The van der Waals surface area contributed by atoms with Crippen LogP contribution in [0.2, 0.25) is 0 Å². The molecule has 0 fully saturated rings. The van der Waals surface area contributed by atoms with Crippen molar-refractivity contribution in [1.29, 1.82) is 0 Å². The maximum atomic E-state index is 13.1. The minimum absolute atomic E-state index is 0.398. The Bertz CT molecular complexity index is 252. The molecule has 0 aliphatic heterocycles. The van der Waals surface area contributed by atoms with Crippen molar-refractivity contribution < 1.29 is 39.5 Å². The Balaban J connectivity index is 5.73. The van der Waals surface area contributed by atoms with Crippen molar-refractivity contribution in [1.82, 2.24) is 0 Å². The van der Waals surface area contributed by atoms with Crippen LogP contribution >= 0.6 is 0 Å². The van der Waals surface area contributed by atoms with E-state index in [1.807, 2.05) is 0 Å². The van der Waals surface area contributed by atoms with Gasteiger partial charge < -0.3 is 0 Å². The standard InChI is InChI=1S/C8H9F9/c1-4(9,5(2,10)11)7(14,15)8(16,17)6(3,12)13/h1-3H3/t4-/m1/s1. The minimum Gasteiger partial charge on any atom is -0.231 e. The van der Waals surface area contributed by atoms with Crippen LogP contribution in [0.5, 0.6) is 0 Å². The summed E-state index contributed by atoms with van der Waals surface area (Å²) >= 11 is 0. The van der Waals surface area contributed by atoms with Crippen LogP contribution in [-0.2, 0) is 0 Å². The van der Waals surface area contributed by atoms with E-state index in [9.17, 15) is 39.5 Å². The molecule has 0 bridgehead atoms. The third-order valence-corrected chi connectivity index (χ3v) is 2.36. The molecule has 0 saturated heterocycles. The summed E-state index contributed by atoms with van der Waals surface area (Å²) in [5.74, 6) is -22.8. The molecule has 0 spiro atoms. The van der Waals surface area contributed by atoms with Crippen molar-refractivity contribution >= 4 is 0 Å². The first kappa shape index (κ1) is 16.4. The SMILES string of the molecule is CC(F)(F)C(F)(F)C(F)(F)[C@](C)(F)C(C)(F)F. The van der Waals surface area contributed by atoms with Gasteiger partial charge in [0.15, 0.2) is 0 Å². The fourth-order valence-electron chi connectivity index (χ4n) is 0.846. The fraction of sp³-hybridized carbons (Fsp3) is 1.00. The zero-order valence-corrected chi connectivity index (χ0v) is 8.90. The molecule has 0 rings (SSSR count). The van der Waals surface area contributed by atoms with E-state index in [-0.39, 0.29) is 0 Å². The highest BCUT2D eigenvalue weighted by atomic mass is 19.4. The topological polar surface area (TPSA) is 0 Å². The van der Waals surface area contributed by atoms with Gasteiger partial charge in [0.05, 0.1) is 0 Å². The van der Waals surface area contributed by atoms with Crippen LogP contribution < -0.4 is 0 Å². The molecular weight excluding hydrogens is 267 g/mol. The molecule has 9 heteroatoms. The molecule has 0 aromatic rings. The molecule has 0 aliphatic rings. The summed E-state index contributed by atoms with van der Waals surface area (Å²) in [6.45, 7) is -1.55. The molecule has 104 valence electrons. The van der Waals surface area contributed by atoms with E-state index < -0.39 is 50.1 Å². The van der Waals surface area contributed by atoms with Gasteiger partial charge in [0.1, 0.15) is 0 Å². The summed E-state index contributed by atoms with van der Waals surface area (Å²) in [5.41, 5.74) is -5.12. The van der Waals surface area contributed by atoms with Crippen molar-refractivity contribution in [2.45, 2.75) is 50.1 Å². The second-order valence-electron chi connectivity index (χ2n) is 3.93. The molecule has 0 aromatic heterocycles. The lowest BCUT2D eigenvalue weighted by Crippen LogP contribution is -2.66. The molecule has 0 N–H and O–H groups in total. The van der Waals surface area contributed by atoms with Crippen LogP contribution in [0.15, 0.2) is 0 Å². The number of halogens is 9. The van der Waals surface area contributed by atoms with Gasteiger partial charge in [-0.2, -0.15) is 26.3 Å². The smallest absolute Gasteiger partial charge is 0.231 e. The van der Waals surface area contributed by atoms with Gasteiger partial charge >= 0.3 is 17.8 Å². The minimum atomic E-state index is -6.25. The Kier molecular flexibility index (Phi) is 3.54. The van der Waals surface area contributed by atoms with Gasteiger partial charge in [0, 0.05) is 13.8 Å². The normalized spacial score (nSPS) is 19.1. The number of hydrogen-bond acceptors (Lipinski definition) is 0. The van der Waals surface area contributed by atoms with Gasteiger partial charge in [-0.3, -0.25) is 0 Å². The molecule has 0 amide bonds. The maximum Gasteiger partial charge on any atom is 0.375 e. The predicted molar refractivity (Wildman–Crippen MR) is 40.6 cm³/mol. The van der Waals surface area contributed by atoms with E-state index in [0.717, 1.165) is 0 Å². The lowest BCUT2D eigenvalue weighted by Gasteiger charge is -2.40.